The summed E-state index contributed by atoms with van der Waals surface area (Å²) in [5.41, 5.74) is 1.95. The third-order valence-corrected chi connectivity index (χ3v) is 2.06. The molecule has 0 bridgehead atoms. The van der Waals surface area contributed by atoms with Gasteiger partial charge in [0.15, 0.2) is 5.78 Å². The van der Waals surface area contributed by atoms with Crippen LogP contribution in [0.1, 0.15) is 22.3 Å². The van der Waals surface area contributed by atoms with Crippen molar-refractivity contribution in [1.82, 2.24) is 0 Å². The van der Waals surface area contributed by atoms with Crippen molar-refractivity contribution in [2.75, 3.05) is 5.33 Å². The molecule has 1 aromatic carbocycles. The Morgan fingerprint density at radius 3 is 2.83 bits per heavy atom. The predicted octanol–water partition coefficient (Wildman–Crippen LogP) is 2.96. The molecule has 64 valence electrons. The summed E-state index contributed by atoms with van der Waals surface area (Å²) in [5.74, 6) is 0.204. The fourth-order valence-corrected chi connectivity index (χ4v) is 1.41. The Bertz CT molecular complexity index is 281. The van der Waals surface area contributed by atoms with Crippen LogP contribution in [0.25, 0.3) is 0 Å². The molecule has 0 N–H and O–H groups in total. The summed E-state index contributed by atoms with van der Waals surface area (Å²) in [6, 6.07) is 7.69. The van der Waals surface area contributed by atoms with E-state index in [0.29, 0.717) is 6.42 Å². The molecule has 1 rings (SSSR count). The van der Waals surface area contributed by atoms with Gasteiger partial charge in [0.1, 0.15) is 0 Å². The highest BCUT2D eigenvalue weighted by Gasteiger charge is 2.03. The first-order valence-corrected chi connectivity index (χ1v) is 5.02. The number of rotatable bonds is 3. The lowest BCUT2D eigenvalue weighted by Crippen LogP contribution is -1.99. The van der Waals surface area contributed by atoms with Crippen molar-refractivity contribution in [2.45, 2.75) is 13.3 Å². The zero-order valence-corrected chi connectivity index (χ0v) is 8.60. The van der Waals surface area contributed by atoms with E-state index in [1.807, 2.05) is 31.2 Å². The van der Waals surface area contributed by atoms with E-state index in [1.54, 1.807) is 0 Å². The third kappa shape index (κ3) is 2.45. The third-order valence-electron chi connectivity index (χ3n) is 1.66. The number of Topliss-reactive ketones (excluding diaryl/α,β-unsaturated/α-hetero) is 1. The van der Waals surface area contributed by atoms with Crippen LogP contribution < -0.4 is 0 Å². The largest absolute Gasteiger partial charge is 0.294 e. The fraction of sp³-hybridized carbons (Fsp3) is 0.300. The highest BCUT2D eigenvalue weighted by Crippen LogP contribution is 2.07. The Balaban J connectivity index is 2.81. The molecule has 0 saturated carbocycles. The molecule has 0 fully saturated rings. The lowest BCUT2D eigenvalue weighted by atomic mass is 10.1. The zero-order valence-electron chi connectivity index (χ0n) is 7.01. The van der Waals surface area contributed by atoms with Gasteiger partial charge in [0.2, 0.25) is 0 Å². The minimum absolute atomic E-state index is 0.204. The van der Waals surface area contributed by atoms with Crippen LogP contribution in [-0.2, 0) is 0 Å². The van der Waals surface area contributed by atoms with Crippen molar-refractivity contribution in [3.8, 4) is 0 Å². The second-order valence-corrected chi connectivity index (χ2v) is 3.52. The lowest BCUT2D eigenvalue weighted by Gasteiger charge is -1.98. The van der Waals surface area contributed by atoms with E-state index in [-0.39, 0.29) is 5.78 Å². The van der Waals surface area contributed by atoms with Gasteiger partial charge in [-0.15, -0.1) is 0 Å². The minimum Gasteiger partial charge on any atom is -0.294 e. The summed E-state index contributed by atoms with van der Waals surface area (Å²) in [4.78, 5) is 11.4. The van der Waals surface area contributed by atoms with E-state index >= 15 is 0 Å². The van der Waals surface area contributed by atoms with E-state index in [4.69, 9.17) is 0 Å². The standard InChI is InChI=1S/C10H11BrO/c1-8-3-2-4-9(7-8)10(12)5-6-11/h2-4,7H,5-6H2,1H3. The van der Waals surface area contributed by atoms with Gasteiger partial charge >= 0.3 is 0 Å². The second kappa shape index (κ2) is 4.41. The average molecular weight is 227 g/mol. The van der Waals surface area contributed by atoms with Gasteiger partial charge in [0, 0.05) is 17.3 Å². The molecule has 2 heteroatoms. The molecule has 0 heterocycles. The molecule has 12 heavy (non-hydrogen) atoms. The predicted molar refractivity (Wildman–Crippen MR) is 53.9 cm³/mol. The van der Waals surface area contributed by atoms with Gasteiger partial charge in [0.05, 0.1) is 0 Å². The van der Waals surface area contributed by atoms with Crippen LogP contribution in [0.15, 0.2) is 24.3 Å². The molecule has 0 aliphatic carbocycles. The molecule has 0 aromatic heterocycles. The van der Waals surface area contributed by atoms with Gasteiger partial charge in [-0.2, -0.15) is 0 Å². The zero-order chi connectivity index (χ0) is 8.97. The maximum absolute atomic E-state index is 11.4. The van der Waals surface area contributed by atoms with Gasteiger partial charge in [-0.25, -0.2) is 0 Å². The molecule has 0 aliphatic heterocycles. The first kappa shape index (κ1) is 9.46. The molecule has 1 nitrogen and oxygen atoms in total. The van der Waals surface area contributed by atoms with Gasteiger partial charge in [-0.05, 0) is 13.0 Å². The number of hydrogen-bond acceptors (Lipinski definition) is 1. The highest BCUT2D eigenvalue weighted by molar-refractivity contribution is 9.09. The normalized spacial score (nSPS) is 9.83. The molecule has 0 spiro atoms. The Morgan fingerprint density at radius 2 is 2.25 bits per heavy atom. The van der Waals surface area contributed by atoms with Gasteiger partial charge in [0.25, 0.3) is 0 Å². The molecule has 1 aromatic rings. The quantitative estimate of drug-likeness (QED) is 0.573. The van der Waals surface area contributed by atoms with Crippen molar-refractivity contribution in [3.63, 3.8) is 0 Å². The van der Waals surface area contributed by atoms with E-state index in [2.05, 4.69) is 15.9 Å². The summed E-state index contributed by atoms with van der Waals surface area (Å²) in [5, 5.41) is 0.736. The van der Waals surface area contributed by atoms with Crippen LogP contribution in [0, 0.1) is 6.92 Å². The number of halogens is 1. The van der Waals surface area contributed by atoms with Crippen LogP contribution in [-0.4, -0.2) is 11.1 Å². The first-order valence-electron chi connectivity index (χ1n) is 3.90. The lowest BCUT2D eigenvalue weighted by molar-refractivity contribution is 0.0990. The molecule has 0 amide bonds. The smallest absolute Gasteiger partial charge is 0.163 e. The Labute approximate surface area is 80.9 Å². The van der Waals surface area contributed by atoms with Crippen molar-refractivity contribution in [3.05, 3.63) is 35.4 Å². The summed E-state index contributed by atoms with van der Waals surface area (Å²) in [6.45, 7) is 1.99. The Hall–Kier alpha value is -0.630. The number of ketones is 1. The van der Waals surface area contributed by atoms with Crippen LogP contribution in [0.4, 0.5) is 0 Å². The summed E-state index contributed by atoms with van der Waals surface area (Å²) in [6.07, 6.45) is 0.573. The number of aryl methyl sites for hydroxylation is 1. The second-order valence-electron chi connectivity index (χ2n) is 2.73. The molecular formula is C10H11BrO. The maximum atomic E-state index is 11.4. The number of alkyl halides is 1. The van der Waals surface area contributed by atoms with Gasteiger partial charge in [-0.1, -0.05) is 39.7 Å². The van der Waals surface area contributed by atoms with Crippen molar-refractivity contribution in [2.24, 2.45) is 0 Å². The molecule has 0 unspecified atom stereocenters. The first-order chi connectivity index (χ1) is 5.74. The fourth-order valence-electron chi connectivity index (χ4n) is 1.05. The minimum atomic E-state index is 0.204. The molecule has 0 aliphatic rings. The van der Waals surface area contributed by atoms with Crippen molar-refractivity contribution >= 4 is 21.7 Å². The molecular weight excluding hydrogens is 216 g/mol. The van der Waals surface area contributed by atoms with E-state index in [0.717, 1.165) is 16.5 Å². The average Bonchev–Trinajstić information content (AvgIpc) is 2.05. The summed E-state index contributed by atoms with van der Waals surface area (Å²) in [7, 11) is 0. The monoisotopic (exact) mass is 226 g/mol. The SMILES string of the molecule is Cc1cccc(C(=O)CCBr)c1. The van der Waals surface area contributed by atoms with Crippen molar-refractivity contribution < 1.29 is 4.79 Å². The number of hydrogen-bond donors (Lipinski definition) is 0. The number of benzene rings is 1. The molecule has 0 atom stereocenters. The Morgan fingerprint density at radius 1 is 1.50 bits per heavy atom. The van der Waals surface area contributed by atoms with Gasteiger partial charge < -0.3 is 0 Å². The van der Waals surface area contributed by atoms with Crippen molar-refractivity contribution in [1.29, 1.82) is 0 Å². The van der Waals surface area contributed by atoms with E-state index < -0.39 is 0 Å². The maximum Gasteiger partial charge on any atom is 0.163 e. The van der Waals surface area contributed by atoms with Crippen LogP contribution in [0.2, 0.25) is 0 Å². The Kier molecular flexibility index (Phi) is 3.48. The number of carbonyl (C=O) groups excluding carboxylic acids is 1. The number of carbonyl (C=O) groups is 1. The molecule has 0 radical (unpaired) electrons. The van der Waals surface area contributed by atoms with E-state index in [1.165, 1.54) is 0 Å². The summed E-state index contributed by atoms with van der Waals surface area (Å²) < 4.78 is 0. The molecule has 0 saturated heterocycles. The topological polar surface area (TPSA) is 17.1 Å². The van der Waals surface area contributed by atoms with Gasteiger partial charge in [-0.3, -0.25) is 4.79 Å². The highest BCUT2D eigenvalue weighted by atomic mass is 79.9. The van der Waals surface area contributed by atoms with Crippen LogP contribution in [0.3, 0.4) is 0 Å². The van der Waals surface area contributed by atoms with E-state index in [9.17, 15) is 4.79 Å². The van der Waals surface area contributed by atoms with Crippen LogP contribution >= 0.6 is 15.9 Å². The summed E-state index contributed by atoms with van der Waals surface area (Å²) >= 11 is 3.24. The van der Waals surface area contributed by atoms with Crippen LogP contribution in [0.5, 0.6) is 0 Å².